The van der Waals surface area contributed by atoms with Crippen molar-refractivity contribution < 1.29 is 19.1 Å². The molecule has 6 heteroatoms. The standard InChI is InChI=1S/C17H22N2O4/c20-15-9-14(10-16(21)11-15)13-1-2-17(18-12-13)23-8-5-19-3-6-22-7-4-19/h1-2,12,14H,3-11H2. The van der Waals surface area contributed by atoms with E-state index in [4.69, 9.17) is 9.47 Å². The van der Waals surface area contributed by atoms with E-state index in [1.54, 1.807) is 6.20 Å². The zero-order valence-electron chi connectivity index (χ0n) is 13.2. The first kappa shape index (κ1) is 16.1. The van der Waals surface area contributed by atoms with Gasteiger partial charge in [-0.25, -0.2) is 4.98 Å². The molecule has 1 aromatic heterocycles. The van der Waals surface area contributed by atoms with Crippen LogP contribution in [0.1, 0.15) is 30.7 Å². The molecular formula is C17H22N2O4. The van der Waals surface area contributed by atoms with E-state index in [-0.39, 0.29) is 23.9 Å². The Balaban J connectivity index is 1.48. The average molecular weight is 318 g/mol. The molecule has 23 heavy (non-hydrogen) atoms. The Kier molecular flexibility index (Phi) is 5.35. The second-order valence-corrected chi connectivity index (χ2v) is 6.09. The van der Waals surface area contributed by atoms with Crippen LogP contribution in [-0.2, 0) is 14.3 Å². The number of carbonyl (C=O) groups is 2. The molecule has 0 N–H and O–H groups in total. The van der Waals surface area contributed by atoms with Gasteiger partial charge in [0.05, 0.1) is 19.6 Å². The highest BCUT2D eigenvalue weighted by Crippen LogP contribution is 2.29. The van der Waals surface area contributed by atoms with Gasteiger partial charge in [-0.15, -0.1) is 0 Å². The Morgan fingerprint density at radius 2 is 1.91 bits per heavy atom. The first-order valence-electron chi connectivity index (χ1n) is 8.13. The third kappa shape index (κ3) is 4.59. The van der Waals surface area contributed by atoms with Crippen LogP contribution in [0.4, 0.5) is 0 Å². The molecule has 1 saturated carbocycles. The Bertz CT molecular complexity index is 536. The van der Waals surface area contributed by atoms with Gasteiger partial charge in [0, 0.05) is 44.7 Å². The SMILES string of the molecule is O=C1CC(=O)CC(c2ccc(OCCN3CCOCC3)nc2)C1. The van der Waals surface area contributed by atoms with E-state index in [2.05, 4.69) is 9.88 Å². The van der Waals surface area contributed by atoms with Gasteiger partial charge in [0.25, 0.3) is 0 Å². The summed E-state index contributed by atoms with van der Waals surface area (Å²) in [4.78, 5) is 29.7. The van der Waals surface area contributed by atoms with Gasteiger partial charge < -0.3 is 9.47 Å². The molecule has 1 aromatic rings. The van der Waals surface area contributed by atoms with Gasteiger partial charge >= 0.3 is 0 Å². The smallest absolute Gasteiger partial charge is 0.213 e. The van der Waals surface area contributed by atoms with Crippen LogP contribution in [0.15, 0.2) is 18.3 Å². The van der Waals surface area contributed by atoms with Gasteiger partial charge in [0.15, 0.2) is 0 Å². The molecule has 1 aliphatic heterocycles. The molecule has 2 aliphatic rings. The molecule has 2 fully saturated rings. The molecule has 1 aliphatic carbocycles. The highest BCUT2D eigenvalue weighted by molar-refractivity contribution is 6.02. The fourth-order valence-electron chi connectivity index (χ4n) is 3.04. The van der Waals surface area contributed by atoms with Gasteiger partial charge in [0.2, 0.25) is 5.88 Å². The van der Waals surface area contributed by atoms with Crippen LogP contribution in [0.2, 0.25) is 0 Å². The lowest BCUT2D eigenvalue weighted by Gasteiger charge is -2.26. The summed E-state index contributed by atoms with van der Waals surface area (Å²) in [5, 5.41) is 0. The van der Waals surface area contributed by atoms with E-state index in [0.29, 0.717) is 25.3 Å². The molecule has 1 saturated heterocycles. The molecule has 3 rings (SSSR count). The number of morpholine rings is 1. The molecule has 0 spiro atoms. The quantitative estimate of drug-likeness (QED) is 0.760. The normalized spacial score (nSPS) is 20.7. The van der Waals surface area contributed by atoms with Crippen molar-refractivity contribution in [3.05, 3.63) is 23.9 Å². The number of hydrogen-bond donors (Lipinski definition) is 0. The molecule has 2 heterocycles. The van der Waals surface area contributed by atoms with E-state index in [1.807, 2.05) is 12.1 Å². The molecule has 0 unspecified atom stereocenters. The molecule has 0 amide bonds. The second kappa shape index (κ2) is 7.66. The van der Waals surface area contributed by atoms with Crippen LogP contribution >= 0.6 is 0 Å². The Morgan fingerprint density at radius 1 is 1.17 bits per heavy atom. The van der Waals surface area contributed by atoms with Crippen LogP contribution in [-0.4, -0.2) is 60.9 Å². The van der Waals surface area contributed by atoms with Gasteiger partial charge in [-0.1, -0.05) is 6.07 Å². The summed E-state index contributed by atoms with van der Waals surface area (Å²) in [6.45, 7) is 4.90. The zero-order valence-corrected chi connectivity index (χ0v) is 13.2. The average Bonchev–Trinajstić information content (AvgIpc) is 2.56. The number of pyridine rings is 1. The number of hydrogen-bond acceptors (Lipinski definition) is 6. The molecule has 0 radical (unpaired) electrons. The second-order valence-electron chi connectivity index (χ2n) is 6.09. The Morgan fingerprint density at radius 3 is 2.57 bits per heavy atom. The van der Waals surface area contributed by atoms with Crippen LogP contribution in [0.3, 0.4) is 0 Å². The third-order valence-electron chi connectivity index (χ3n) is 4.33. The van der Waals surface area contributed by atoms with Gasteiger partial charge in [-0.2, -0.15) is 0 Å². The molecular weight excluding hydrogens is 296 g/mol. The minimum absolute atomic E-state index is 0.0251. The minimum atomic E-state index is -0.0290. The number of ether oxygens (including phenoxy) is 2. The lowest BCUT2D eigenvalue weighted by Crippen LogP contribution is -2.38. The van der Waals surface area contributed by atoms with Gasteiger partial charge in [0.1, 0.15) is 18.2 Å². The van der Waals surface area contributed by atoms with E-state index in [9.17, 15) is 9.59 Å². The van der Waals surface area contributed by atoms with Crippen molar-refractivity contribution in [1.82, 2.24) is 9.88 Å². The van der Waals surface area contributed by atoms with Gasteiger partial charge in [-0.05, 0) is 11.5 Å². The molecule has 0 aromatic carbocycles. The van der Waals surface area contributed by atoms with E-state index in [1.165, 1.54) is 0 Å². The highest BCUT2D eigenvalue weighted by Gasteiger charge is 2.26. The van der Waals surface area contributed by atoms with Crippen molar-refractivity contribution in [2.75, 3.05) is 39.5 Å². The number of rotatable bonds is 5. The maximum atomic E-state index is 11.5. The number of aromatic nitrogens is 1. The first-order valence-corrected chi connectivity index (χ1v) is 8.13. The van der Waals surface area contributed by atoms with Crippen molar-refractivity contribution in [2.24, 2.45) is 0 Å². The molecule has 6 nitrogen and oxygen atoms in total. The maximum absolute atomic E-state index is 11.5. The van der Waals surface area contributed by atoms with E-state index < -0.39 is 0 Å². The topological polar surface area (TPSA) is 68.7 Å². The molecule has 0 bridgehead atoms. The van der Waals surface area contributed by atoms with Crippen LogP contribution in [0.25, 0.3) is 0 Å². The van der Waals surface area contributed by atoms with Crippen molar-refractivity contribution in [3.63, 3.8) is 0 Å². The van der Waals surface area contributed by atoms with Crippen LogP contribution in [0, 0.1) is 0 Å². The number of carbonyl (C=O) groups excluding carboxylic acids is 2. The number of ketones is 2. The maximum Gasteiger partial charge on any atom is 0.213 e. The van der Waals surface area contributed by atoms with Crippen molar-refractivity contribution in [1.29, 1.82) is 0 Å². The van der Waals surface area contributed by atoms with Crippen LogP contribution < -0.4 is 4.74 Å². The lowest BCUT2D eigenvalue weighted by molar-refractivity contribution is -0.130. The highest BCUT2D eigenvalue weighted by atomic mass is 16.5. The summed E-state index contributed by atoms with van der Waals surface area (Å²) < 4.78 is 11.0. The fraction of sp³-hybridized carbons (Fsp3) is 0.588. The molecule has 124 valence electrons. The van der Waals surface area contributed by atoms with Crippen molar-refractivity contribution >= 4 is 11.6 Å². The first-order chi connectivity index (χ1) is 11.2. The monoisotopic (exact) mass is 318 g/mol. The van der Waals surface area contributed by atoms with E-state index >= 15 is 0 Å². The predicted molar refractivity (Wildman–Crippen MR) is 83.6 cm³/mol. The summed E-state index contributed by atoms with van der Waals surface area (Å²) in [6.07, 6.45) is 2.68. The summed E-state index contributed by atoms with van der Waals surface area (Å²) in [7, 11) is 0. The lowest BCUT2D eigenvalue weighted by atomic mass is 9.83. The number of nitrogens with zero attached hydrogens (tertiary/aromatic N) is 2. The summed E-state index contributed by atoms with van der Waals surface area (Å²) in [5.41, 5.74) is 0.937. The van der Waals surface area contributed by atoms with Crippen molar-refractivity contribution in [3.8, 4) is 5.88 Å². The zero-order chi connectivity index (χ0) is 16.1. The third-order valence-corrected chi connectivity index (χ3v) is 4.33. The Labute approximate surface area is 135 Å². The largest absolute Gasteiger partial charge is 0.476 e. The molecule has 0 atom stereocenters. The summed E-state index contributed by atoms with van der Waals surface area (Å²) in [5.74, 6) is 0.600. The number of Topliss-reactive ketones (excluding diaryl/α,β-unsaturated/α-hetero) is 2. The fourth-order valence-corrected chi connectivity index (χ4v) is 3.04. The van der Waals surface area contributed by atoms with Crippen LogP contribution in [0.5, 0.6) is 5.88 Å². The summed E-state index contributed by atoms with van der Waals surface area (Å²) in [6, 6.07) is 3.73. The summed E-state index contributed by atoms with van der Waals surface area (Å²) >= 11 is 0. The minimum Gasteiger partial charge on any atom is -0.476 e. The van der Waals surface area contributed by atoms with Gasteiger partial charge in [-0.3, -0.25) is 14.5 Å². The van der Waals surface area contributed by atoms with Crippen molar-refractivity contribution in [2.45, 2.75) is 25.2 Å². The predicted octanol–water partition coefficient (Wildman–Crippen LogP) is 1.20. The Hall–Kier alpha value is -1.79. The van der Waals surface area contributed by atoms with E-state index in [0.717, 1.165) is 38.4 Å².